The van der Waals surface area contributed by atoms with Gasteiger partial charge >= 0.3 is 0 Å². The average Bonchev–Trinajstić information content (AvgIpc) is 2.13. The summed E-state index contributed by atoms with van der Waals surface area (Å²) in [6.07, 6.45) is 1.19. The summed E-state index contributed by atoms with van der Waals surface area (Å²) in [6.45, 7) is 2.02. The Balaban J connectivity index is 3.00. The Morgan fingerprint density at radius 3 is 2.21 bits per heavy atom. The van der Waals surface area contributed by atoms with Gasteiger partial charge in [0.05, 0.1) is 15.0 Å². The highest BCUT2D eigenvalue weighted by molar-refractivity contribution is 9.11. The second-order valence-corrected chi connectivity index (χ2v) is 4.85. The van der Waals surface area contributed by atoms with Gasteiger partial charge in [0.1, 0.15) is 5.75 Å². The monoisotopic (exact) mass is 322 g/mol. The lowest BCUT2D eigenvalue weighted by atomic mass is 10.1. The molecule has 0 aliphatic heterocycles. The highest BCUT2D eigenvalue weighted by Gasteiger charge is 2.11. The fourth-order valence-electron chi connectivity index (χ4n) is 1.22. The molecule has 0 aliphatic rings. The van der Waals surface area contributed by atoms with Crippen LogP contribution in [0.2, 0.25) is 0 Å². The number of benzene rings is 1. The Morgan fingerprint density at radius 1 is 1.29 bits per heavy atom. The molecule has 0 aromatic heterocycles. The standard InChI is InChI=1S/C10H12Br2O2/c1-2-3-9(13)6-4-7(11)10(14)8(12)5-6/h4-5,9,13-14H,2-3H2,1H3. The topological polar surface area (TPSA) is 40.5 Å². The van der Waals surface area contributed by atoms with Gasteiger partial charge in [0.2, 0.25) is 0 Å². The molecule has 0 fully saturated rings. The summed E-state index contributed by atoms with van der Waals surface area (Å²) in [4.78, 5) is 0. The zero-order valence-electron chi connectivity index (χ0n) is 7.80. The minimum Gasteiger partial charge on any atom is -0.506 e. The van der Waals surface area contributed by atoms with E-state index in [0.717, 1.165) is 18.4 Å². The summed E-state index contributed by atoms with van der Waals surface area (Å²) in [5.41, 5.74) is 0.809. The molecule has 14 heavy (non-hydrogen) atoms. The van der Waals surface area contributed by atoms with Gasteiger partial charge in [-0.1, -0.05) is 13.3 Å². The molecular formula is C10H12Br2O2. The first-order valence-corrected chi connectivity index (χ1v) is 6.00. The molecule has 2 nitrogen and oxygen atoms in total. The van der Waals surface area contributed by atoms with Crippen molar-refractivity contribution in [2.24, 2.45) is 0 Å². The molecule has 0 bridgehead atoms. The van der Waals surface area contributed by atoms with Crippen molar-refractivity contribution in [2.75, 3.05) is 0 Å². The van der Waals surface area contributed by atoms with Gasteiger partial charge in [-0.3, -0.25) is 0 Å². The zero-order chi connectivity index (χ0) is 10.7. The normalized spacial score (nSPS) is 12.9. The predicted molar refractivity (Wildman–Crippen MR) is 63.4 cm³/mol. The second-order valence-electron chi connectivity index (χ2n) is 3.14. The van der Waals surface area contributed by atoms with Crippen molar-refractivity contribution in [3.05, 3.63) is 26.6 Å². The summed E-state index contributed by atoms with van der Waals surface area (Å²) in [5.74, 6) is 0.164. The van der Waals surface area contributed by atoms with Crippen LogP contribution < -0.4 is 0 Å². The molecule has 0 spiro atoms. The van der Waals surface area contributed by atoms with Crippen LogP contribution in [0.25, 0.3) is 0 Å². The van der Waals surface area contributed by atoms with Crippen LogP contribution in [0, 0.1) is 0 Å². The molecule has 1 aromatic carbocycles. The molecule has 1 atom stereocenters. The van der Waals surface area contributed by atoms with E-state index in [2.05, 4.69) is 31.9 Å². The van der Waals surface area contributed by atoms with Gasteiger partial charge in [-0.25, -0.2) is 0 Å². The maximum Gasteiger partial charge on any atom is 0.143 e. The Labute approximate surface area is 100 Å². The van der Waals surface area contributed by atoms with Crippen molar-refractivity contribution < 1.29 is 10.2 Å². The quantitative estimate of drug-likeness (QED) is 0.889. The molecular weight excluding hydrogens is 312 g/mol. The summed E-state index contributed by atoms with van der Waals surface area (Å²) in [6, 6.07) is 3.47. The van der Waals surface area contributed by atoms with Crippen LogP contribution in [0.1, 0.15) is 31.4 Å². The molecule has 0 heterocycles. The number of phenolic OH excluding ortho intramolecular Hbond substituents is 1. The third-order valence-electron chi connectivity index (χ3n) is 1.99. The van der Waals surface area contributed by atoms with E-state index < -0.39 is 6.10 Å². The largest absolute Gasteiger partial charge is 0.506 e. The number of aromatic hydroxyl groups is 1. The fraction of sp³-hybridized carbons (Fsp3) is 0.400. The molecule has 0 radical (unpaired) electrons. The Kier molecular flexibility index (Phi) is 4.41. The molecule has 1 unspecified atom stereocenters. The van der Waals surface area contributed by atoms with E-state index in [-0.39, 0.29) is 5.75 Å². The molecule has 0 saturated carbocycles. The fourth-order valence-corrected chi connectivity index (χ4v) is 2.44. The van der Waals surface area contributed by atoms with E-state index >= 15 is 0 Å². The van der Waals surface area contributed by atoms with Crippen molar-refractivity contribution in [2.45, 2.75) is 25.9 Å². The number of halogens is 2. The van der Waals surface area contributed by atoms with Crippen LogP contribution in [0.15, 0.2) is 21.1 Å². The molecule has 0 amide bonds. The van der Waals surface area contributed by atoms with E-state index in [4.69, 9.17) is 0 Å². The minimum atomic E-state index is -0.465. The lowest BCUT2D eigenvalue weighted by Crippen LogP contribution is -1.96. The van der Waals surface area contributed by atoms with Crippen molar-refractivity contribution in [3.8, 4) is 5.75 Å². The van der Waals surface area contributed by atoms with Gasteiger partial charge in [0.15, 0.2) is 0 Å². The van der Waals surface area contributed by atoms with E-state index in [1.807, 2.05) is 6.92 Å². The summed E-state index contributed by atoms with van der Waals surface area (Å²) in [5, 5.41) is 19.2. The molecule has 4 heteroatoms. The van der Waals surface area contributed by atoms with Crippen molar-refractivity contribution >= 4 is 31.9 Å². The van der Waals surface area contributed by atoms with Gasteiger partial charge in [-0.15, -0.1) is 0 Å². The van der Waals surface area contributed by atoms with Gasteiger partial charge in [-0.05, 0) is 56.0 Å². The Hall–Kier alpha value is -0.0600. The minimum absolute atomic E-state index is 0.164. The van der Waals surface area contributed by atoms with Crippen LogP contribution in [0.3, 0.4) is 0 Å². The third-order valence-corrected chi connectivity index (χ3v) is 3.20. The number of aliphatic hydroxyl groups excluding tert-OH is 1. The number of hydrogen-bond donors (Lipinski definition) is 2. The number of phenols is 1. The summed E-state index contributed by atoms with van der Waals surface area (Å²) < 4.78 is 1.19. The van der Waals surface area contributed by atoms with Gasteiger partial charge < -0.3 is 10.2 Å². The maximum atomic E-state index is 9.74. The second kappa shape index (κ2) is 5.14. The SMILES string of the molecule is CCCC(O)c1cc(Br)c(O)c(Br)c1. The lowest BCUT2D eigenvalue weighted by molar-refractivity contribution is 0.166. The van der Waals surface area contributed by atoms with E-state index in [9.17, 15) is 10.2 Å². The average molecular weight is 324 g/mol. The first kappa shape index (κ1) is 12.0. The Morgan fingerprint density at radius 2 is 1.79 bits per heavy atom. The van der Waals surface area contributed by atoms with E-state index in [0.29, 0.717) is 8.95 Å². The van der Waals surface area contributed by atoms with Crippen LogP contribution in [-0.4, -0.2) is 10.2 Å². The van der Waals surface area contributed by atoms with E-state index in [1.165, 1.54) is 0 Å². The van der Waals surface area contributed by atoms with Gasteiger partial charge in [-0.2, -0.15) is 0 Å². The molecule has 2 N–H and O–H groups in total. The van der Waals surface area contributed by atoms with Gasteiger partial charge in [0, 0.05) is 0 Å². The Bertz CT molecular complexity index is 303. The lowest BCUT2D eigenvalue weighted by Gasteiger charge is -2.11. The molecule has 0 saturated heterocycles. The molecule has 78 valence electrons. The van der Waals surface area contributed by atoms with Crippen LogP contribution in [-0.2, 0) is 0 Å². The highest BCUT2D eigenvalue weighted by atomic mass is 79.9. The third kappa shape index (κ3) is 2.72. The van der Waals surface area contributed by atoms with Crippen molar-refractivity contribution in [3.63, 3.8) is 0 Å². The smallest absolute Gasteiger partial charge is 0.143 e. The van der Waals surface area contributed by atoms with E-state index in [1.54, 1.807) is 12.1 Å². The number of aliphatic hydroxyl groups is 1. The predicted octanol–water partition coefficient (Wildman–Crippen LogP) is 3.75. The van der Waals surface area contributed by atoms with Crippen LogP contribution >= 0.6 is 31.9 Å². The number of hydrogen-bond acceptors (Lipinski definition) is 2. The summed E-state index contributed by atoms with van der Waals surface area (Å²) in [7, 11) is 0. The zero-order valence-corrected chi connectivity index (χ0v) is 11.0. The molecule has 1 aromatic rings. The maximum absolute atomic E-state index is 9.74. The first-order chi connectivity index (χ1) is 6.56. The number of rotatable bonds is 3. The summed E-state index contributed by atoms with van der Waals surface area (Å²) >= 11 is 6.45. The van der Waals surface area contributed by atoms with Crippen molar-refractivity contribution in [1.82, 2.24) is 0 Å². The highest BCUT2D eigenvalue weighted by Crippen LogP contribution is 2.35. The molecule has 1 rings (SSSR count). The van der Waals surface area contributed by atoms with Crippen LogP contribution in [0.5, 0.6) is 5.75 Å². The van der Waals surface area contributed by atoms with Gasteiger partial charge in [0.25, 0.3) is 0 Å². The first-order valence-electron chi connectivity index (χ1n) is 4.42. The van der Waals surface area contributed by atoms with Crippen molar-refractivity contribution in [1.29, 1.82) is 0 Å². The molecule has 0 aliphatic carbocycles. The van der Waals surface area contributed by atoms with Crippen LogP contribution in [0.4, 0.5) is 0 Å².